The highest BCUT2D eigenvalue weighted by Gasteiger charge is 2.45. The Balaban J connectivity index is 0.000000696. The lowest BCUT2D eigenvalue weighted by atomic mass is 10.0. The van der Waals surface area contributed by atoms with Crippen molar-refractivity contribution in [1.82, 2.24) is 10.2 Å². The van der Waals surface area contributed by atoms with Crippen molar-refractivity contribution in [3.8, 4) is 23.8 Å². The molecule has 0 spiro atoms. The fourth-order valence-electron chi connectivity index (χ4n) is 2.61. The van der Waals surface area contributed by atoms with E-state index in [-0.39, 0.29) is 0 Å². The molecule has 1 aromatic rings. The van der Waals surface area contributed by atoms with E-state index in [2.05, 4.69) is 17.8 Å². The molecule has 0 aliphatic carbocycles. The zero-order chi connectivity index (χ0) is 21.2. The molecule has 1 fully saturated rings. The van der Waals surface area contributed by atoms with Gasteiger partial charge in [0.05, 0.1) is 20.0 Å². The number of thiocarbonyl (C=S) groups is 1. The van der Waals surface area contributed by atoms with Crippen LogP contribution in [-0.4, -0.2) is 47.9 Å². The molecular formula is C21H28N2O3S2. The van der Waals surface area contributed by atoms with Gasteiger partial charge < -0.3 is 24.8 Å². The summed E-state index contributed by atoms with van der Waals surface area (Å²) >= 11 is 6.81. The average Bonchev–Trinajstić information content (AvgIpc) is 2.98. The van der Waals surface area contributed by atoms with Gasteiger partial charge in [0.15, 0.2) is 5.72 Å². The molecule has 5 nitrogen and oxygen atoms in total. The van der Waals surface area contributed by atoms with Crippen LogP contribution < -0.4 is 14.8 Å². The first kappa shape index (κ1) is 23.9. The Morgan fingerprint density at radius 1 is 1.50 bits per heavy atom. The van der Waals surface area contributed by atoms with E-state index < -0.39 is 5.72 Å². The maximum atomic E-state index is 11.3. The third kappa shape index (κ3) is 5.93. The summed E-state index contributed by atoms with van der Waals surface area (Å²) in [5.41, 5.74) is 0.196. The van der Waals surface area contributed by atoms with Gasteiger partial charge in [-0.3, -0.25) is 0 Å². The van der Waals surface area contributed by atoms with Gasteiger partial charge in [-0.1, -0.05) is 36.6 Å². The highest BCUT2D eigenvalue weighted by molar-refractivity contribution is 8.23. The van der Waals surface area contributed by atoms with E-state index >= 15 is 0 Å². The Kier molecular flexibility index (Phi) is 9.94. The van der Waals surface area contributed by atoms with Crippen molar-refractivity contribution in [3.05, 3.63) is 48.2 Å². The van der Waals surface area contributed by atoms with Gasteiger partial charge in [-0.15, -0.1) is 12.3 Å². The topological polar surface area (TPSA) is 54.0 Å². The summed E-state index contributed by atoms with van der Waals surface area (Å²) in [6.45, 7) is 6.33. The zero-order valence-corrected chi connectivity index (χ0v) is 18.5. The summed E-state index contributed by atoms with van der Waals surface area (Å²) in [5.74, 6) is 4.18. The van der Waals surface area contributed by atoms with Gasteiger partial charge in [-0.25, -0.2) is 0 Å². The maximum absolute atomic E-state index is 11.3. The molecule has 1 atom stereocenters. The Hall–Kier alpha value is -2.14. The molecule has 1 saturated heterocycles. The maximum Gasteiger partial charge on any atom is 0.179 e. The molecule has 0 radical (unpaired) electrons. The van der Waals surface area contributed by atoms with Crippen molar-refractivity contribution >= 4 is 28.3 Å². The molecule has 1 aromatic carbocycles. The number of aliphatic hydroxyl groups is 1. The monoisotopic (exact) mass is 420 g/mol. The summed E-state index contributed by atoms with van der Waals surface area (Å²) in [4.78, 5) is 1.75. The molecule has 0 amide bonds. The standard InChI is InChI=1S/C17H19NO3S2.C4H9N/c1-5-6-12(2)10-18-16(22)23-11-17(18,19)14-8-7-13(20-3)9-15(14)21-4;1-3-4-5-2/h1,7-9,19H,2,6,10-11H2,3-4H3;3-5H,1-2H3/b;4-3-. The highest BCUT2D eigenvalue weighted by atomic mass is 32.2. The highest BCUT2D eigenvalue weighted by Crippen LogP contribution is 2.43. The number of ether oxygens (including phenoxy) is 2. The molecule has 0 bridgehead atoms. The van der Waals surface area contributed by atoms with Crippen LogP contribution in [0.5, 0.6) is 11.5 Å². The van der Waals surface area contributed by atoms with Crippen LogP contribution in [0.2, 0.25) is 0 Å². The van der Waals surface area contributed by atoms with Gasteiger partial charge in [-0.2, -0.15) is 0 Å². The van der Waals surface area contributed by atoms with Crippen molar-refractivity contribution in [2.45, 2.75) is 19.1 Å². The average molecular weight is 421 g/mol. The number of nitrogens with zero attached hydrogens (tertiary/aromatic N) is 1. The first-order chi connectivity index (χ1) is 13.4. The van der Waals surface area contributed by atoms with Gasteiger partial charge in [-0.05, 0) is 30.8 Å². The molecule has 1 unspecified atom stereocenters. The van der Waals surface area contributed by atoms with Crippen LogP contribution >= 0.6 is 24.0 Å². The van der Waals surface area contributed by atoms with E-state index in [4.69, 9.17) is 28.1 Å². The molecule has 2 rings (SSSR count). The lowest BCUT2D eigenvalue weighted by Gasteiger charge is -2.35. The van der Waals surface area contributed by atoms with Crippen LogP contribution in [0, 0.1) is 12.3 Å². The van der Waals surface area contributed by atoms with Crippen LogP contribution in [0.1, 0.15) is 18.9 Å². The Morgan fingerprint density at radius 2 is 2.21 bits per heavy atom. The number of terminal acetylenes is 1. The Morgan fingerprint density at radius 3 is 2.71 bits per heavy atom. The van der Waals surface area contributed by atoms with Gasteiger partial charge in [0, 0.05) is 31.6 Å². The Bertz CT molecular complexity index is 759. The SMILES string of the molecule is C#CCC(=C)CN1C(=S)SCC1(O)c1ccc(OC)cc1OC.C/C=C\NC. The number of nitrogens with one attached hydrogen (secondary N) is 1. The van der Waals surface area contributed by atoms with Crippen LogP contribution in [-0.2, 0) is 5.72 Å². The fourth-order valence-corrected chi connectivity index (χ4v) is 4.01. The second kappa shape index (κ2) is 11.6. The summed E-state index contributed by atoms with van der Waals surface area (Å²) in [7, 11) is 5.02. The van der Waals surface area contributed by atoms with Crippen LogP contribution in [0.25, 0.3) is 0 Å². The quantitative estimate of drug-likeness (QED) is 0.398. The number of hydrogen-bond acceptors (Lipinski definition) is 6. The van der Waals surface area contributed by atoms with Crippen LogP contribution in [0.3, 0.4) is 0 Å². The minimum atomic E-state index is -1.27. The zero-order valence-electron chi connectivity index (χ0n) is 16.8. The lowest BCUT2D eigenvalue weighted by molar-refractivity contribution is -0.0440. The molecule has 0 saturated carbocycles. The number of hydrogen-bond donors (Lipinski definition) is 2. The molecule has 1 heterocycles. The van der Waals surface area contributed by atoms with Gasteiger partial charge in [0.2, 0.25) is 0 Å². The van der Waals surface area contributed by atoms with Crippen molar-refractivity contribution in [1.29, 1.82) is 0 Å². The van der Waals surface area contributed by atoms with Crippen LogP contribution in [0.4, 0.5) is 0 Å². The summed E-state index contributed by atoms with van der Waals surface area (Å²) < 4.78 is 11.3. The van der Waals surface area contributed by atoms with E-state index in [1.165, 1.54) is 11.8 Å². The third-order valence-electron chi connectivity index (χ3n) is 3.97. The summed E-state index contributed by atoms with van der Waals surface area (Å²) in [6.07, 6.45) is 9.59. The molecule has 28 heavy (non-hydrogen) atoms. The van der Waals surface area contributed by atoms with Crippen molar-refractivity contribution in [2.75, 3.05) is 33.6 Å². The lowest BCUT2D eigenvalue weighted by Crippen LogP contribution is -2.45. The molecule has 152 valence electrons. The summed E-state index contributed by atoms with van der Waals surface area (Å²) in [5, 5.41) is 14.1. The number of rotatable bonds is 7. The minimum Gasteiger partial charge on any atom is -0.497 e. The van der Waals surface area contributed by atoms with Crippen molar-refractivity contribution in [3.63, 3.8) is 0 Å². The first-order valence-corrected chi connectivity index (χ1v) is 10.0. The second-order valence-corrected chi connectivity index (χ2v) is 7.55. The predicted molar refractivity (Wildman–Crippen MR) is 122 cm³/mol. The fraction of sp³-hybridized carbons (Fsp3) is 0.381. The molecule has 1 aliphatic rings. The second-order valence-electron chi connectivity index (χ2n) is 5.94. The third-order valence-corrected chi connectivity index (χ3v) is 5.56. The van der Waals surface area contributed by atoms with Gasteiger partial charge >= 0.3 is 0 Å². The van der Waals surface area contributed by atoms with Crippen molar-refractivity contribution in [2.24, 2.45) is 0 Å². The molecule has 7 heteroatoms. The number of methoxy groups -OCH3 is 2. The molecule has 0 aromatic heterocycles. The molecule has 1 aliphatic heterocycles. The largest absolute Gasteiger partial charge is 0.497 e. The smallest absolute Gasteiger partial charge is 0.179 e. The van der Waals surface area contributed by atoms with E-state index in [1.807, 2.05) is 26.2 Å². The number of benzene rings is 1. The van der Waals surface area contributed by atoms with Gasteiger partial charge in [0.25, 0.3) is 0 Å². The minimum absolute atomic E-state index is 0.404. The molecule has 2 N–H and O–H groups in total. The van der Waals surface area contributed by atoms with E-state index in [1.54, 1.807) is 37.3 Å². The predicted octanol–water partition coefficient (Wildman–Crippen LogP) is 3.50. The van der Waals surface area contributed by atoms with E-state index in [9.17, 15) is 5.11 Å². The first-order valence-electron chi connectivity index (χ1n) is 8.65. The van der Waals surface area contributed by atoms with E-state index in [0.717, 1.165) is 5.57 Å². The normalized spacial score (nSPS) is 18.3. The van der Waals surface area contributed by atoms with Crippen molar-refractivity contribution < 1.29 is 14.6 Å². The van der Waals surface area contributed by atoms with E-state index in [0.29, 0.717) is 40.1 Å². The number of thioether (sulfide) groups is 1. The summed E-state index contributed by atoms with van der Waals surface area (Å²) in [6, 6.07) is 5.33. The number of allylic oxidation sites excluding steroid dienone is 1. The Labute approximate surface area is 177 Å². The molecular weight excluding hydrogens is 392 g/mol. The van der Waals surface area contributed by atoms with Crippen LogP contribution in [0.15, 0.2) is 42.6 Å². The van der Waals surface area contributed by atoms with Gasteiger partial charge in [0.1, 0.15) is 15.8 Å².